The molecule has 5 nitrogen and oxygen atoms in total. The Labute approximate surface area is 126 Å². The van der Waals surface area contributed by atoms with Crippen molar-refractivity contribution < 1.29 is 14.3 Å². The second kappa shape index (κ2) is 6.69. The number of aliphatic hydroxyl groups is 1. The topological polar surface area (TPSA) is 67.2 Å². The highest BCUT2D eigenvalue weighted by molar-refractivity contribution is 6.30. The predicted molar refractivity (Wildman–Crippen MR) is 76.3 cm³/mol. The van der Waals surface area contributed by atoms with Crippen molar-refractivity contribution in [2.24, 2.45) is 7.05 Å². The van der Waals surface area contributed by atoms with Crippen molar-refractivity contribution in [2.45, 2.75) is 12.5 Å². The summed E-state index contributed by atoms with van der Waals surface area (Å²) in [6.07, 6.45) is 1.42. The fraction of sp³-hybridized carbons (Fsp3) is 0.286. The minimum absolute atomic E-state index is 0.0226. The number of hydrogen-bond donors (Lipinski definition) is 2. The van der Waals surface area contributed by atoms with Crippen molar-refractivity contribution in [2.75, 3.05) is 6.61 Å². The summed E-state index contributed by atoms with van der Waals surface area (Å²) >= 11 is 5.67. The van der Waals surface area contributed by atoms with Gasteiger partial charge in [-0.05, 0) is 17.7 Å². The third kappa shape index (κ3) is 3.59. The number of aromatic nitrogens is 2. The lowest BCUT2D eigenvalue weighted by atomic mass is 10.1. The molecule has 0 fully saturated rings. The lowest BCUT2D eigenvalue weighted by molar-refractivity contribution is -0.121. The Morgan fingerprint density at radius 1 is 1.52 bits per heavy atom. The average molecular weight is 312 g/mol. The highest BCUT2D eigenvalue weighted by Crippen LogP contribution is 2.18. The van der Waals surface area contributed by atoms with Crippen LogP contribution in [-0.2, 0) is 18.3 Å². The molecule has 0 aliphatic heterocycles. The zero-order chi connectivity index (χ0) is 15.4. The smallest absolute Gasteiger partial charge is 0.225 e. The first-order valence-corrected chi connectivity index (χ1v) is 6.71. The number of aliphatic hydroxyl groups excluding tert-OH is 1. The van der Waals surface area contributed by atoms with Crippen molar-refractivity contribution in [3.8, 4) is 0 Å². The van der Waals surface area contributed by atoms with Gasteiger partial charge in [-0.1, -0.05) is 23.7 Å². The summed E-state index contributed by atoms with van der Waals surface area (Å²) in [7, 11) is 1.71. The van der Waals surface area contributed by atoms with Crippen LogP contribution in [0.15, 0.2) is 30.5 Å². The van der Waals surface area contributed by atoms with Gasteiger partial charge in [-0.25, -0.2) is 4.39 Å². The first-order chi connectivity index (χ1) is 10.0. The van der Waals surface area contributed by atoms with E-state index in [2.05, 4.69) is 10.4 Å². The van der Waals surface area contributed by atoms with Gasteiger partial charge in [0.05, 0.1) is 29.8 Å². The summed E-state index contributed by atoms with van der Waals surface area (Å²) < 4.78 is 15.3. The van der Waals surface area contributed by atoms with E-state index in [9.17, 15) is 14.3 Å². The molecule has 2 aromatic rings. The van der Waals surface area contributed by atoms with Crippen LogP contribution in [0.25, 0.3) is 0 Å². The summed E-state index contributed by atoms with van der Waals surface area (Å²) in [6, 6.07) is 5.61. The van der Waals surface area contributed by atoms with Gasteiger partial charge in [-0.15, -0.1) is 0 Å². The lowest BCUT2D eigenvalue weighted by Gasteiger charge is -2.16. The molecule has 1 atom stereocenters. The quantitative estimate of drug-likeness (QED) is 0.881. The molecule has 112 valence electrons. The molecule has 0 aliphatic carbocycles. The van der Waals surface area contributed by atoms with E-state index < -0.39 is 17.8 Å². The van der Waals surface area contributed by atoms with Gasteiger partial charge in [0.15, 0.2) is 0 Å². The Morgan fingerprint density at radius 2 is 2.29 bits per heavy atom. The maximum atomic E-state index is 13.7. The first-order valence-electron chi connectivity index (χ1n) is 6.34. The van der Waals surface area contributed by atoms with E-state index in [4.69, 9.17) is 11.6 Å². The van der Waals surface area contributed by atoms with Crippen LogP contribution in [0.1, 0.15) is 17.3 Å². The van der Waals surface area contributed by atoms with Crippen LogP contribution in [0.2, 0.25) is 5.02 Å². The van der Waals surface area contributed by atoms with Crippen LogP contribution in [0.4, 0.5) is 4.39 Å². The maximum Gasteiger partial charge on any atom is 0.225 e. The molecule has 1 heterocycles. The summed E-state index contributed by atoms with van der Waals surface area (Å²) in [6.45, 7) is -0.275. The fourth-order valence-electron chi connectivity index (χ4n) is 2.04. The van der Waals surface area contributed by atoms with Crippen molar-refractivity contribution in [3.63, 3.8) is 0 Å². The molecular formula is C14H15ClFN3O2. The minimum atomic E-state index is -0.601. The summed E-state index contributed by atoms with van der Waals surface area (Å²) in [5.41, 5.74) is 0.874. The van der Waals surface area contributed by atoms with E-state index in [0.717, 1.165) is 0 Å². The van der Waals surface area contributed by atoms with Crippen molar-refractivity contribution in [3.05, 3.63) is 52.6 Å². The molecule has 21 heavy (non-hydrogen) atoms. The molecule has 0 radical (unpaired) electrons. The van der Waals surface area contributed by atoms with E-state index in [1.165, 1.54) is 12.1 Å². The molecule has 0 bridgehead atoms. The maximum absolute atomic E-state index is 13.7. The van der Waals surface area contributed by atoms with Gasteiger partial charge < -0.3 is 10.4 Å². The summed E-state index contributed by atoms with van der Waals surface area (Å²) in [5.74, 6) is -1.01. The highest BCUT2D eigenvalue weighted by Gasteiger charge is 2.18. The van der Waals surface area contributed by atoms with E-state index in [-0.39, 0.29) is 23.6 Å². The number of carbonyl (C=O) groups excluding carboxylic acids is 1. The number of nitrogens with one attached hydrogen (secondary N) is 1. The third-order valence-electron chi connectivity index (χ3n) is 3.12. The van der Waals surface area contributed by atoms with Crippen LogP contribution in [0.3, 0.4) is 0 Å². The van der Waals surface area contributed by atoms with Crippen LogP contribution < -0.4 is 5.32 Å². The standard InChI is InChI=1S/C14H15ClFN3O2/c1-19-12(5-6-17-19)11(8-20)18-13(21)7-9-3-2-4-10(15)14(9)16/h2-6,11,20H,7-8H2,1H3,(H,18,21). The molecule has 1 aromatic carbocycles. The van der Waals surface area contributed by atoms with E-state index in [0.29, 0.717) is 5.69 Å². The largest absolute Gasteiger partial charge is 0.394 e. The van der Waals surface area contributed by atoms with E-state index >= 15 is 0 Å². The van der Waals surface area contributed by atoms with Crippen LogP contribution in [-0.4, -0.2) is 27.4 Å². The molecule has 0 aliphatic rings. The summed E-state index contributed by atoms with van der Waals surface area (Å²) in [5, 5.41) is 16.0. The van der Waals surface area contributed by atoms with Crippen LogP contribution in [0.5, 0.6) is 0 Å². The monoisotopic (exact) mass is 311 g/mol. The molecule has 1 unspecified atom stereocenters. The molecule has 0 saturated carbocycles. The Kier molecular flexibility index (Phi) is 4.93. The number of halogens is 2. The van der Waals surface area contributed by atoms with Gasteiger partial charge in [0.1, 0.15) is 5.82 Å². The number of carbonyl (C=O) groups is 1. The second-order valence-electron chi connectivity index (χ2n) is 4.57. The third-order valence-corrected chi connectivity index (χ3v) is 3.41. The Hall–Kier alpha value is -1.92. The van der Waals surface area contributed by atoms with Crippen LogP contribution >= 0.6 is 11.6 Å². The Balaban J connectivity index is 2.07. The molecule has 7 heteroatoms. The number of hydrogen-bond acceptors (Lipinski definition) is 3. The average Bonchev–Trinajstić information content (AvgIpc) is 2.87. The fourth-order valence-corrected chi connectivity index (χ4v) is 2.24. The number of benzene rings is 1. The Bertz CT molecular complexity index is 645. The SMILES string of the molecule is Cn1nccc1C(CO)NC(=O)Cc1cccc(Cl)c1F. The van der Waals surface area contributed by atoms with Gasteiger partial charge in [0.25, 0.3) is 0 Å². The van der Waals surface area contributed by atoms with Crippen LogP contribution in [0, 0.1) is 5.82 Å². The minimum Gasteiger partial charge on any atom is -0.394 e. The molecule has 2 rings (SSSR count). The van der Waals surface area contributed by atoms with Gasteiger partial charge in [-0.2, -0.15) is 5.10 Å². The van der Waals surface area contributed by atoms with Gasteiger partial charge in [-0.3, -0.25) is 9.48 Å². The van der Waals surface area contributed by atoms with Gasteiger partial charge in [0, 0.05) is 13.2 Å². The normalized spacial score (nSPS) is 12.2. The molecule has 0 spiro atoms. The second-order valence-corrected chi connectivity index (χ2v) is 4.98. The number of amides is 1. The summed E-state index contributed by atoms with van der Waals surface area (Å²) in [4.78, 5) is 12.0. The zero-order valence-electron chi connectivity index (χ0n) is 11.4. The van der Waals surface area contributed by atoms with Crippen molar-refractivity contribution in [1.29, 1.82) is 0 Å². The van der Waals surface area contributed by atoms with Gasteiger partial charge >= 0.3 is 0 Å². The number of nitrogens with zero attached hydrogens (tertiary/aromatic N) is 2. The molecule has 1 amide bonds. The van der Waals surface area contributed by atoms with Gasteiger partial charge in [0.2, 0.25) is 5.91 Å². The van der Waals surface area contributed by atoms with Crippen molar-refractivity contribution in [1.82, 2.24) is 15.1 Å². The molecule has 2 N–H and O–H groups in total. The van der Waals surface area contributed by atoms with E-state index in [1.54, 1.807) is 30.1 Å². The van der Waals surface area contributed by atoms with Crippen molar-refractivity contribution >= 4 is 17.5 Å². The predicted octanol–water partition coefficient (Wildman–Crippen LogP) is 1.60. The first kappa shape index (κ1) is 15.5. The Morgan fingerprint density at radius 3 is 2.90 bits per heavy atom. The molecular weight excluding hydrogens is 297 g/mol. The lowest BCUT2D eigenvalue weighted by Crippen LogP contribution is -2.33. The molecule has 0 saturated heterocycles. The highest BCUT2D eigenvalue weighted by atomic mass is 35.5. The number of rotatable bonds is 5. The zero-order valence-corrected chi connectivity index (χ0v) is 12.1. The van der Waals surface area contributed by atoms with E-state index in [1.807, 2.05) is 0 Å². The number of aryl methyl sites for hydroxylation is 1. The molecule has 1 aromatic heterocycles.